The van der Waals surface area contributed by atoms with Gasteiger partial charge in [0.2, 0.25) is 10.0 Å². The second-order valence-electron chi connectivity index (χ2n) is 5.97. The molecule has 0 atom stereocenters. The van der Waals surface area contributed by atoms with Crippen LogP contribution in [0.25, 0.3) is 0 Å². The number of benzene rings is 2. The molecule has 150 valence electrons. The number of carbonyl (C=O) groups is 1. The van der Waals surface area contributed by atoms with E-state index in [1.807, 2.05) is 6.92 Å². The highest BCUT2D eigenvalue weighted by atomic mass is 32.2. The van der Waals surface area contributed by atoms with Crippen LogP contribution in [0.3, 0.4) is 0 Å². The number of amides is 1. The van der Waals surface area contributed by atoms with Crippen molar-refractivity contribution in [3.05, 3.63) is 58.1 Å². The quantitative estimate of drug-likeness (QED) is 0.333. The standard InChI is InChI=1S/C18H22N4O5S/c1-3-4-10-20-28(26,27)15-7-5-6-14(12-15)21-18(23)13-8-9-16(19-2)17(11-13)22(24)25/h5-9,11-12,19-20H,3-4,10H2,1-2H3,(H,21,23). The summed E-state index contributed by atoms with van der Waals surface area (Å²) in [4.78, 5) is 23.0. The van der Waals surface area contributed by atoms with Crippen LogP contribution in [0.1, 0.15) is 30.1 Å². The monoisotopic (exact) mass is 406 g/mol. The van der Waals surface area contributed by atoms with E-state index in [1.165, 1.54) is 30.3 Å². The molecule has 3 N–H and O–H groups in total. The largest absolute Gasteiger partial charge is 0.383 e. The zero-order chi connectivity index (χ0) is 20.7. The predicted octanol–water partition coefficient (Wildman–Crippen LogP) is 2.97. The first-order valence-corrected chi connectivity index (χ1v) is 10.1. The minimum atomic E-state index is -3.68. The Hall–Kier alpha value is -2.98. The van der Waals surface area contributed by atoms with Gasteiger partial charge >= 0.3 is 0 Å². The van der Waals surface area contributed by atoms with Crippen molar-refractivity contribution in [3.8, 4) is 0 Å². The first kappa shape index (κ1) is 21.3. The molecule has 0 unspecified atom stereocenters. The van der Waals surface area contributed by atoms with Gasteiger partial charge in [0.05, 0.1) is 9.82 Å². The Bertz CT molecular complexity index is 976. The number of nitrogens with zero attached hydrogens (tertiary/aromatic N) is 1. The third kappa shape index (κ3) is 5.27. The number of nitro benzene ring substituents is 1. The SMILES string of the molecule is CCCCNS(=O)(=O)c1cccc(NC(=O)c2ccc(NC)c([N+](=O)[O-])c2)c1. The van der Waals surface area contributed by atoms with E-state index >= 15 is 0 Å². The fourth-order valence-corrected chi connectivity index (χ4v) is 3.57. The zero-order valence-corrected chi connectivity index (χ0v) is 16.4. The zero-order valence-electron chi connectivity index (χ0n) is 15.6. The summed E-state index contributed by atoms with van der Waals surface area (Å²) in [5, 5.41) is 16.4. The maximum Gasteiger partial charge on any atom is 0.293 e. The number of anilines is 2. The molecule has 28 heavy (non-hydrogen) atoms. The topological polar surface area (TPSA) is 130 Å². The van der Waals surface area contributed by atoms with Crippen LogP contribution >= 0.6 is 0 Å². The number of nitro groups is 1. The third-order valence-electron chi connectivity index (χ3n) is 3.95. The van der Waals surface area contributed by atoms with Gasteiger partial charge < -0.3 is 10.6 Å². The number of hydrogen-bond acceptors (Lipinski definition) is 6. The molecule has 0 aliphatic heterocycles. The Morgan fingerprint density at radius 3 is 2.57 bits per heavy atom. The predicted molar refractivity (Wildman–Crippen MR) is 107 cm³/mol. The molecule has 0 saturated carbocycles. The molecule has 0 saturated heterocycles. The average molecular weight is 406 g/mol. The van der Waals surface area contributed by atoms with Gasteiger partial charge in [0, 0.05) is 30.9 Å². The molecule has 2 aromatic carbocycles. The normalized spacial score (nSPS) is 11.1. The van der Waals surface area contributed by atoms with Crippen LogP contribution in [0.2, 0.25) is 0 Å². The lowest BCUT2D eigenvalue weighted by Crippen LogP contribution is -2.24. The Kier molecular flexibility index (Phi) is 7.07. The summed E-state index contributed by atoms with van der Waals surface area (Å²) in [6.45, 7) is 2.29. The van der Waals surface area contributed by atoms with Crippen LogP contribution in [-0.4, -0.2) is 32.8 Å². The molecule has 2 aromatic rings. The van der Waals surface area contributed by atoms with E-state index in [0.717, 1.165) is 18.9 Å². The van der Waals surface area contributed by atoms with Crippen LogP contribution in [0.5, 0.6) is 0 Å². The van der Waals surface area contributed by atoms with Gasteiger partial charge in [-0.15, -0.1) is 0 Å². The summed E-state index contributed by atoms with van der Waals surface area (Å²) in [5.41, 5.74) is 0.406. The van der Waals surface area contributed by atoms with E-state index in [-0.39, 0.29) is 27.5 Å². The minimum Gasteiger partial charge on any atom is -0.383 e. The number of rotatable bonds is 9. The van der Waals surface area contributed by atoms with E-state index in [0.29, 0.717) is 6.54 Å². The summed E-state index contributed by atoms with van der Waals surface area (Å²) in [7, 11) is -2.14. The van der Waals surface area contributed by atoms with Crippen molar-refractivity contribution in [1.29, 1.82) is 0 Å². The number of hydrogen-bond donors (Lipinski definition) is 3. The van der Waals surface area contributed by atoms with Crippen LogP contribution < -0.4 is 15.4 Å². The molecule has 0 aliphatic rings. The number of carbonyl (C=O) groups excluding carboxylic acids is 1. The lowest BCUT2D eigenvalue weighted by atomic mass is 10.1. The van der Waals surface area contributed by atoms with Crippen LogP contribution in [0.4, 0.5) is 17.1 Å². The first-order chi connectivity index (χ1) is 13.3. The maximum absolute atomic E-state index is 12.4. The van der Waals surface area contributed by atoms with Crippen molar-refractivity contribution in [2.24, 2.45) is 0 Å². The second kappa shape index (κ2) is 9.29. The van der Waals surface area contributed by atoms with Crippen LogP contribution in [-0.2, 0) is 10.0 Å². The van der Waals surface area contributed by atoms with Crippen molar-refractivity contribution >= 4 is 33.0 Å². The summed E-state index contributed by atoms with van der Waals surface area (Å²) >= 11 is 0. The van der Waals surface area contributed by atoms with Gasteiger partial charge in [0.25, 0.3) is 11.6 Å². The van der Waals surface area contributed by atoms with E-state index in [4.69, 9.17) is 0 Å². The molecular formula is C18H22N4O5S. The summed E-state index contributed by atoms with van der Waals surface area (Å²) < 4.78 is 27.1. The van der Waals surface area contributed by atoms with Crippen molar-refractivity contribution in [2.75, 3.05) is 24.2 Å². The second-order valence-corrected chi connectivity index (χ2v) is 7.74. The molecule has 0 aromatic heterocycles. The minimum absolute atomic E-state index is 0.0258. The highest BCUT2D eigenvalue weighted by molar-refractivity contribution is 7.89. The van der Waals surface area contributed by atoms with Gasteiger partial charge in [-0.25, -0.2) is 13.1 Å². The molecule has 0 radical (unpaired) electrons. The van der Waals surface area contributed by atoms with Crippen molar-refractivity contribution in [1.82, 2.24) is 4.72 Å². The average Bonchev–Trinajstić information content (AvgIpc) is 2.67. The molecule has 0 aliphatic carbocycles. The molecule has 1 amide bonds. The van der Waals surface area contributed by atoms with E-state index in [2.05, 4.69) is 15.4 Å². The first-order valence-electron chi connectivity index (χ1n) is 8.65. The summed E-state index contributed by atoms with van der Waals surface area (Å²) in [5.74, 6) is -0.584. The Morgan fingerprint density at radius 1 is 1.18 bits per heavy atom. The smallest absolute Gasteiger partial charge is 0.293 e. The van der Waals surface area contributed by atoms with Crippen LogP contribution in [0.15, 0.2) is 47.4 Å². The van der Waals surface area contributed by atoms with Gasteiger partial charge in [-0.05, 0) is 36.8 Å². The van der Waals surface area contributed by atoms with Crippen molar-refractivity contribution < 1.29 is 18.1 Å². The third-order valence-corrected chi connectivity index (χ3v) is 5.41. The molecule has 9 nitrogen and oxygen atoms in total. The molecule has 0 spiro atoms. The molecule has 10 heteroatoms. The maximum atomic E-state index is 12.4. The lowest BCUT2D eigenvalue weighted by Gasteiger charge is -2.10. The molecule has 2 rings (SSSR count). The Labute approximate surface area is 163 Å². The fraction of sp³-hybridized carbons (Fsp3) is 0.278. The van der Waals surface area contributed by atoms with E-state index < -0.39 is 20.9 Å². The molecule has 0 heterocycles. The van der Waals surface area contributed by atoms with Crippen molar-refractivity contribution in [3.63, 3.8) is 0 Å². The van der Waals surface area contributed by atoms with Gasteiger partial charge in [-0.2, -0.15) is 0 Å². The van der Waals surface area contributed by atoms with Gasteiger partial charge in [0.15, 0.2) is 0 Å². The fourth-order valence-electron chi connectivity index (χ4n) is 2.45. The number of unbranched alkanes of at least 4 members (excludes halogenated alkanes) is 1. The van der Waals surface area contributed by atoms with E-state index in [1.54, 1.807) is 13.1 Å². The van der Waals surface area contributed by atoms with Gasteiger partial charge in [0.1, 0.15) is 5.69 Å². The van der Waals surface area contributed by atoms with Gasteiger partial charge in [-0.1, -0.05) is 19.4 Å². The highest BCUT2D eigenvalue weighted by Gasteiger charge is 2.18. The van der Waals surface area contributed by atoms with Gasteiger partial charge in [-0.3, -0.25) is 14.9 Å². The molecule has 0 fully saturated rings. The Morgan fingerprint density at radius 2 is 1.93 bits per heavy atom. The lowest BCUT2D eigenvalue weighted by molar-refractivity contribution is -0.384. The number of sulfonamides is 1. The molecule has 0 bridgehead atoms. The highest BCUT2D eigenvalue weighted by Crippen LogP contribution is 2.25. The number of nitrogens with one attached hydrogen (secondary N) is 3. The summed E-state index contributed by atoms with van der Waals surface area (Å²) in [6, 6.07) is 9.86. The Balaban J connectivity index is 2.21. The molecular weight excluding hydrogens is 384 g/mol. The summed E-state index contributed by atoms with van der Waals surface area (Å²) in [6.07, 6.45) is 1.58. The van der Waals surface area contributed by atoms with E-state index in [9.17, 15) is 23.3 Å². The van der Waals surface area contributed by atoms with Crippen molar-refractivity contribution in [2.45, 2.75) is 24.7 Å². The van der Waals surface area contributed by atoms with Crippen LogP contribution in [0, 0.1) is 10.1 Å².